The average Bonchev–Trinajstić information content (AvgIpc) is 2.77. The molecule has 0 saturated heterocycles. The molecule has 0 aliphatic carbocycles. The van der Waals surface area contributed by atoms with E-state index >= 15 is 0 Å². The summed E-state index contributed by atoms with van der Waals surface area (Å²) in [6.45, 7) is 2.68. The van der Waals surface area contributed by atoms with Gasteiger partial charge in [0.2, 0.25) is 5.91 Å². The zero-order valence-electron chi connectivity index (χ0n) is 17.8. The van der Waals surface area contributed by atoms with Crippen molar-refractivity contribution in [2.24, 2.45) is 0 Å². The Morgan fingerprint density at radius 2 is 1.84 bits per heavy atom. The number of aliphatic hydroxyl groups excluding tert-OH is 1. The number of carbonyl (C=O) groups is 2. The maximum atomic E-state index is 12.5. The lowest BCUT2D eigenvalue weighted by atomic mass is 10.1. The van der Waals surface area contributed by atoms with Crippen LogP contribution in [0.1, 0.15) is 37.3 Å². The Hall–Kier alpha value is -2.61. The number of ether oxygens (including phenoxy) is 1. The van der Waals surface area contributed by atoms with Gasteiger partial charge >= 0.3 is 6.09 Å². The number of aliphatic hydroxyl groups is 1. The maximum absolute atomic E-state index is 12.5. The molecule has 0 spiro atoms. The van der Waals surface area contributed by atoms with Crippen LogP contribution in [0.3, 0.4) is 0 Å². The number of aryl methyl sites for hydroxylation is 1. The molecule has 8 heteroatoms. The van der Waals surface area contributed by atoms with E-state index < -0.39 is 6.09 Å². The first-order valence-corrected chi connectivity index (χ1v) is 10.8. The Kier molecular flexibility index (Phi) is 10.9. The summed E-state index contributed by atoms with van der Waals surface area (Å²) in [5.41, 5.74) is 5.75. The Morgan fingerprint density at radius 3 is 2.52 bits per heavy atom. The molecule has 0 bridgehead atoms. The molecule has 2 aromatic carbocycles. The molecule has 168 valence electrons. The third-order valence-corrected chi connectivity index (χ3v) is 5.04. The fraction of sp³-hybridized carbons (Fsp3) is 0.391. The van der Waals surface area contributed by atoms with Crippen LogP contribution in [-0.2, 0) is 22.5 Å². The number of hydrogen-bond donors (Lipinski definition) is 3. The van der Waals surface area contributed by atoms with E-state index in [0.717, 1.165) is 12.0 Å². The Bertz CT molecular complexity index is 830. The summed E-state index contributed by atoms with van der Waals surface area (Å²) in [5, 5.41) is 13.6. The number of nitrogens with zero attached hydrogens (tertiary/aromatic N) is 1. The van der Waals surface area contributed by atoms with Crippen LogP contribution in [-0.4, -0.2) is 41.9 Å². The molecule has 0 unspecified atom stereocenters. The third-order valence-electron chi connectivity index (χ3n) is 4.67. The van der Waals surface area contributed by atoms with Crippen LogP contribution in [0.5, 0.6) is 0 Å². The standard InChI is InChI=1S/C23H30ClN3O4/c1-2-18-10-12-20(13-11-18)26-23(30)31-16-14-27(22(29)9-5-6-15-28)25-17-19-7-3-4-8-21(19)24/h3-4,7-8,10-13,25,28H,2,5-6,9,14-17H2,1H3,(H,26,30). The molecule has 0 saturated carbocycles. The second-order valence-corrected chi connectivity index (χ2v) is 7.37. The van der Waals surface area contributed by atoms with Gasteiger partial charge in [0.1, 0.15) is 6.61 Å². The van der Waals surface area contributed by atoms with Gasteiger partial charge in [-0.3, -0.25) is 15.1 Å². The summed E-state index contributed by atoms with van der Waals surface area (Å²) >= 11 is 6.18. The molecule has 0 fully saturated rings. The Morgan fingerprint density at radius 1 is 1.10 bits per heavy atom. The van der Waals surface area contributed by atoms with Crippen molar-refractivity contribution in [3.8, 4) is 0 Å². The van der Waals surface area contributed by atoms with E-state index in [1.54, 1.807) is 6.07 Å². The quantitative estimate of drug-likeness (QED) is 0.336. The fourth-order valence-electron chi connectivity index (χ4n) is 2.84. The molecule has 0 atom stereocenters. The molecule has 3 N–H and O–H groups in total. The number of rotatable bonds is 12. The number of benzene rings is 2. The minimum Gasteiger partial charge on any atom is -0.447 e. The van der Waals surface area contributed by atoms with Crippen molar-refractivity contribution in [2.75, 3.05) is 25.1 Å². The number of hydrogen-bond acceptors (Lipinski definition) is 5. The van der Waals surface area contributed by atoms with Gasteiger partial charge in [-0.2, -0.15) is 0 Å². The van der Waals surface area contributed by atoms with E-state index in [0.29, 0.717) is 30.1 Å². The smallest absolute Gasteiger partial charge is 0.411 e. The number of anilines is 1. The lowest BCUT2D eigenvalue weighted by Gasteiger charge is -2.24. The van der Waals surface area contributed by atoms with E-state index in [2.05, 4.69) is 17.7 Å². The fourth-order valence-corrected chi connectivity index (χ4v) is 3.05. The van der Waals surface area contributed by atoms with Crippen molar-refractivity contribution in [3.05, 3.63) is 64.7 Å². The summed E-state index contributed by atoms with van der Waals surface area (Å²) in [4.78, 5) is 24.6. The molecule has 0 radical (unpaired) electrons. The van der Waals surface area contributed by atoms with Crippen LogP contribution >= 0.6 is 11.6 Å². The van der Waals surface area contributed by atoms with E-state index in [9.17, 15) is 9.59 Å². The van der Waals surface area contributed by atoms with Crippen LogP contribution < -0.4 is 10.7 Å². The van der Waals surface area contributed by atoms with Gasteiger partial charge in [-0.25, -0.2) is 10.2 Å². The minimum atomic E-state index is -0.581. The molecular weight excluding hydrogens is 418 g/mol. The molecule has 0 aliphatic rings. The summed E-state index contributed by atoms with van der Waals surface area (Å²) in [6.07, 6.45) is 1.76. The average molecular weight is 448 g/mol. The van der Waals surface area contributed by atoms with Gasteiger partial charge in [-0.05, 0) is 48.6 Å². The highest BCUT2D eigenvalue weighted by atomic mass is 35.5. The minimum absolute atomic E-state index is 0.0279. The SMILES string of the molecule is CCc1ccc(NC(=O)OCCN(NCc2ccccc2Cl)C(=O)CCCCO)cc1. The largest absolute Gasteiger partial charge is 0.447 e. The van der Waals surface area contributed by atoms with Crippen molar-refractivity contribution < 1.29 is 19.4 Å². The second-order valence-electron chi connectivity index (χ2n) is 6.96. The summed E-state index contributed by atoms with van der Waals surface area (Å²) in [7, 11) is 0. The summed E-state index contributed by atoms with van der Waals surface area (Å²) in [5.74, 6) is -0.139. The molecule has 0 aromatic heterocycles. The van der Waals surface area contributed by atoms with Gasteiger partial charge < -0.3 is 9.84 Å². The van der Waals surface area contributed by atoms with Crippen LogP contribution in [0.4, 0.5) is 10.5 Å². The molecule has 2 amide bonds. The van der Waals surface area contributed by atoms with E-state index in [1.165, 1.54) is 10.6 Å². The molecule has 7 nitrogen and oxygen atoms in total. The highest BCUT2D eigenvalue weighted by Crippen LogP contribution is 2.15. The molecule has 2 aromatic rings. The first-order chi connectivity index (χ1) is 15.0. The van der Waals surface area contributed by atoms with Crippen molar-refractivity contribution >= 4 is 29.3 Å². The highest BCUT2D eigenvalue weighted by molar-refractivity contribution is 6.31. The lowest BCUT2D eigenvalue weighted by Crippen LogP contribution is -2.44. The van der Waals surface area contributed by atoms with Gasteiger partial charge in [0.25, 0.3) is 0 Å². The van der Waals surface area contributed by atoms with Crippen LogP contribution in [0, 0.1) is 0 Å². The predicted octanol–water partition coefficient (Wildman–Crippen LogP) is 4.15. The monoisotopic (exact) mass is 447 g/mol. The Labute approximate surface area is 188 Å². The second kappa shape index (κ2) is 13.6. The van der Waals surface area contributed by atoms with Gasteiger partial charge in [0.15, 0.2) is 0 Å². The van der Waals surface area contributed by atoms with Crippen LogP contribution in [0.25, 0.3) is 0 Å². The predicted molar refractivity (Wildman–Crippen MR) is 122 cm³/mol. The van der Waals surface area contributed by atoms with E-state index in [-0.39, 0.29) is 32.1 Å². The molecule has 0 aliphatic heterocycles. The zero-order chi connectivity index (χ0) is 22.5. The molecule has 2 rings (SSSR count). The van der Waals surface area contributed by atoms with E-state index in [1.807, 2.05) is 42.5 Å². The first kappa shape index (κ1) is 24.7. The number of amides is 2. The molecule has 31 heavy (non-hydrogen) atoms. The zero-order valence-corrected chi connectivity index (χ0v) is 18.5. The van der Waals surface area contributed by atoms with Crippen molar-refractivity contribution in [2.45, 2.75) is 39.2 Å². The van der Waals surface area contributed by atoms with Crippen LogP contribution in [0.2, 0.25) is 5.02 Å². The molecular formula is C23H30ClN3O4. The maximum Gasteiger partial charge on any atom is 0.411 e. The number of halogens is 1. The van der Waals surface area contributed by atoms with Gasteiger partial charge in [-0.15, -0.1) is 0 Å². The van der Waals surface area contributed by atoms with Crippen molar-refractivity contribution in [1.29, 1.82) is 0 Å². The first-order valence-electron chi connectivity index (χ1n) is 10.4. The number of unbranched alkanes of at least 4 members (excludes halogenated alkanes) is 1. The summed E-state index contributed by atoms with van der Waals surface area (Å²) in [6, 6.07) is 14.9. The van der Waals surface area contributed by atoms with Gasteiger partial charge in [0, 0.05) is 30.3 Å². The topological polar surface area (TPSA) is 90.9 Å². The normalized spacial score (nSPS) is 10.5. The van der Waals surface area contributed by atoms with Gasteiger partial charge in [-0.1, -0.05) is 48.9 Å². The highest BCUT2D eigenvalue weighted by Gasteiger charge is 2.15. The van der Waals surface area contributed by atoms with E-state index in [4.69, 9.17) is 21.4 Å². The summed E-state index contributed by atoms with van der Waals surface area (Å²) < 4.78 is 5.23. The van der Waals surface area contributed by atoms with Crippen LogP contribution in [0.15, 0.2) is 48.5 Å². The lowest BCUT2D eigenvalue weighted by molar-refractivity contribution is -0.135. The molecule has 0 heterocycles. The number of carbonyl (C=O) groups excluding carboxylic acids is 2. The third kappa shape index (κ3) is 8.96. The number of nitrogens with one attached hydrogen (secondary N) is 2. The van der Waals surface area contributed by atoms with Crippen molar-refractivity contribution in [1.82, 2.24) is 10.4 Å². The van der Waals surface area contributed by atoms with Gasteiger partial charge in [0.05, 0.1) is 6.54 Å². The Balaban J connectivity index is 1.85. The number of hydrazine groups is 1. The van der Waals surface area contributed by atoms with Crippen molar-refractivity contribution in [3.63, 3.8) is 0 Å².